The lowest BCUT2D eigenvalue weighted by atomic mass is 10.1. The molecule has 20 heavy (non-hydrogen) atoms. The number of thioether (sulfide) groups is 1. The van der Waals surface area contributed by atoms with Gasteiger partial charge in [0.25, 0.3) is 0 Å². The minimum Gasteiger partial charge on any atom is -0.481 e. The van der Waals surface area contributed by atoms with E-state index < -0.39 is 5.97 Å². The Balaban J connectivity index is 2.87. The second-order valence-corrected chi connectivity index (χ2v) is 6.34. The predicted molar refractivity (Wildman–Crippen MR) is 81.3 cm³/mol. The number of carboxylic acids is 1. The molecule has 0 fully saturated rings. The lowest BCUT2D eigenvalue weighted by molar-refractivity contribution is -0.133. The van der Waals surface area contributed by atoms with Crippen molar-refractivity contribution in [3.63, 3.8) is 0 Å². The fourth-order valence-electron chi connectivity index (χ4n) is 2.14. The summed E-state index contributed by atoms with van der Waals surface area (Å²) >= 11 is 1.25. The normalized spacial score (nSPS) is 12.8. The maximum Gasteiger partial charge on any atom is 0.313 e. The van der Waals surface area contributed by atoms with Crippen molar-refractivity contribution < 1.29 is 9.90 Å². The van der Waals surface area contributed by atoms with Crippen molar-refractivity contribution in [2.24, 2.45) is 0 Å². The molecule has 1 unspecified atom stereocenters. The molecule has 6 heteroatoms. The first-order valence-electron chi connectivity index (χ1n) is 7.26. The number of carboxylic acid groups (broad SMARTS) is 1. The van der Waals surface area contributed by atoms with E-state index >= 15 is 0 Å². The average molecular weight is 299 g/mol. The van der Waals surface area contributed by atoms with Crippen LogP contribution in [0.3, 0.4) is 0 Å². The van der Waals surface area contributed by atoms with Crippen LogP contribution in [-0.4, -0.2) is 31.6 Å². The van der Waals surface area contributed by atoms with Crippen LogP contribution in [0.4, 0.5) is 0 Å². The monoisotopic (exact) mass is 299 g/mol. The van der Waals surface area contributed by atoms with Gasteiger partial charge in [-0.15, -0.1) is 10.2 Å². The summed E-state index contributed by atoms with van der Waals surface area (Å²) in [6.45, 7) is 8.53. The van der Waals surface area contributed by atoms with Crippen LogP contribution in [0, 0.1) is 0 Å². The van der Waals surface area contributed by atoms with Gasteiger partial charge < -0.3 is 9.67 Å². The third-order valence-electron chi connectivity index (χ3n) is 3.20. The second-order valence-electron chi connectivity index (χ2n) is 5.39. The van der Waals surface area contributed by atoms with Gasteiger partial charge >= 0.3 is 5.97 Å². The molecule has 5 nitrogen and oxygen atoms in total. The van der Waals surface area contributed by atoms with Gasteiger partial charge in [0.2, 0.25) is 0 Å². The van der Waals surface area contributed by atoms with Crippen molar-refractivity contribution in [3.05, 3.63) is 5.82 Å². The summed E-state index contributed by atoms with van der Waals surface area (Å²) in [6.07, 6.45) is 4.68. The molecule has 1 aromatic heterocycles. The Hall–Kier alpha value is -1.04. The molecule has 1 aromatic rings. The maximum absolute atomic E-state index is 10.7. The quantitative estimate of drug-likeness (QED) is 0.556. The maximum atomic E-state index is 10.7. The lowest BCUT2D eigenvalue weighted by Gasteiger charge is -2.19. The summed E-state index contributed by atoms with van der Waals surface area (Å²) in [5, 5.41) is 18.0. The van der Waals surface area contributed by atoms with Crippen molar-refractivity contribution >= 4 is 17.7 Å². The molecule has 0 radical (unpaired) electrons. The molecule has 0 amide bonds. The highest BCUT2D eigenvalue weighted by Crippen LogP contribution is 2.28. The van der Waals surface area contributed by atoms with Crippen LogP contribution < -0.4 is 0 Å². The minimum absolute atomic E-state index is 0.0257. The number of hydrogen-bond donors (Lipinski definition) is 1. The molecule has 0 spiro atoms. The molecule has 0 saturated heterocycles. The summed E-state index contributed by atoms with van der Waals surface area (Å²) in [5.74, 6) is 0.434. The zero-order valence-corrected chi connectivity index (χ0v) is 13.6. The molecule has 114 valence electrons. The van der Waals surface area contributed by atoms with Gasteiger partial charge in [0.15, 0.2) is 5.16 Å². The summed E-state index contributed by atoms with van der Waals surface area (Å²) in [6, 6.07) is 0.310. The van der Waals surface area contributed by atoms with Crippen molar-refractivity contribution in [1.29, 1.82) is 0 Å². The molecule has 1 atom stereocenters. The van der Waals surface area contributed by atoms with Gasteiger partial charge in [-0.1, -0.05) is 51.8 Å². The van der Waals surface area contributed by atoms with E-state index in [2.05, 4.69) is 42.5 Å². The van der Waals surface area contributed by atoms with Gasteiger partial charge in [0.05, 0.1) is 5.75 Å². The van der Waals surface area contributed by atoms with Gasteiger partial charge in [-0.05, 0) is 13.3 Å². The van der Waals surface area contributed by atoms with Crippen LogP contribution in [0.2, 0.25) is 0 Å². The van der Waals surface area contributed by atoms with Crippen LogP contribution in [0.25, 0.3) is 0 Å². The van der Waals surface area contributed by atoms with E-state index in [-0.39, 0.29) is 11.7 Å². The van der Waals surface area contributed by atoms with Crippen molar-refractivity contribution in [2.75, 3.05) is 5.75 Å². The summed E-state index contributed by atoms with van der Waals surface area (Å²) in [7, 11) is 0. The molecular weight excluding hydrogens is 274 g/mol. The van der Waals surface area contributed by atoms with E-state index in [1.54, 1.807) is 0 Å². The Morgan fingerprint density at radius 2 is 2.00 bits per heavy atom. The van der Waals surface area contributed by atoms with E-state index in [9.17, 15) is 4.79 Å². The SMILES string of the molecule is CCCCCC(C)n1c(SCC(=O)O)nnc1C(C)C. The van der Waals surface area contributed by atoms with Gasteiger partial charge in [-0.3, -0.25) is 4.79 Å². The molecule has 1 N–H and O–H groups in total. The Labute approximate surface area is 125 Å². The third kappa shape index (κ3) is 4.81. The average Bonchev–Trinajstić information content (AvgIpc) is 2.80. The van der Waals surface area contributed by atoms with E-state index in [0.717, 1.165) is 17.4 Å². The van der Waals surface area contributed by atoms with Crippen LogP contribution in [0.15, 0.2) is 5.16 Å². The van der Waals surface area contributed by atoms with E-state index in [0.29, 0.717) is 6.04 Å². The van der Waals surface area contributed by atoms with Gasteiger partial charge in [0, 0.05) is 12.0 Å². The highest BCUT2D eigenvalue weighted by atomic mass is 32.2. The smallest absolute Gasteiger partial charge is 0.313 e. The van der Waals surface area contributed by atoms with Crippen molar-refractivity contribution in [3.8, 4) is 0 Å². The molecule has 1 rings (SSSR count). The molecule has 0 bridgehead atoms. The molecule has 0 aromatic carbocycles. The van der Waals surface area contributed by atoms with Gasteiger partial charge in [0.1, 0.15) is 5.82 Å². The standard InChI is InChI=1S/C14H25N3O2S/c1-5-6-7-8-11(4)17-13(10(2)3)15-16-14(17)20-9-12(18)19/h10-11H,5-9H2,1-4H3,(H,18,19). The number of nitrogens with zero attached hydrogens (tertiary/aromatic N) is 3. The number of aliphatic carboxylic acids is 1. The molecular formula is C14H25N3O2S. The fraction of sp³-hybridized carbons (Fsp3) is 0.786. The first-order valence-corrected chi connectivity index (χ1v) is 8.25. The zero-order chi connectivity index (χ0) is 15.1. The predicted octanol–water partition coefficient (Wildman–Crippen LogP) is 3.72. The van der Waals surface area contributed by atoms with Crippen molar-refractivity contribution in [1.82, 2.24) is 14.8 Å². The number of unbranched alkanes of at least 4 members (excludes halogenated alkanes) is 2. The molecule has 0 aliphatic rings. The number of aromatic nitrogens is 3. The molecule has 0 saturated carbocycles. The first-order chi connectivity index (χ1) is 9.47. The van der Waals surface area contributed by atoms with Crippen LogP contribution in [-0.2, 0) is 4.79 Å². The topological polar surface area (TPSA) is 68.0 Å². The van der Waals surface area contributed by atoms with Crippen LogP contribution in [0.5, 0.6) is 0 Å². The molecule has 1 heterocycles. The van der Waals surface area contributed by atoms with Gasteiger partial charge in [-0.2, -0.15) is 0 Å². The Morgan fingerprint density at radius 1 is 1.30 bits per heavy atom. The summed E-state index contributed by atoms with van der Waals surface area (Å²) < 4.78 is 2.12. The number of hydrogen-bond acceptors (Lipinski definition) is 4. The highest BCUT2D eigenvalue weighted by molar-refractivity contribution is 7.99. The largest absolute Gasteiger partial charge is 0.481 e. The third-order valence-corrected chi connectivity index (χ3v) is 4.13. The minimum atomic E-state index is -0.825. The summed E-state index contributed by atoms with van der Waals surface area (Å²) in [4.78, 5) is 10.7. The van der Waals surface area contributed by atoms with Crippen molar-refractivity contribution in [2.45, 2.75) is 70.5 Å². The Kier molecular flexibility index (Phi) is 7.05. The molecule has 0 aliphatic heterocycles. The summed E-state index contributed by atoms with van der Waals surface area (Å²) in [5.41, 5.74) is 0. The van der Waals surface area contributed by atoms with Gasteiger partial charge in [-0.25, -0.2) is 0 Å². The number of carbonyl (C=O) groups is 1. The van der Waals surface area contributed by atoms with E-state index in [1.807, 2.05) is 0 Å². The Morgan fingerprint density at radius 3 is 2.55 bits per heavy atom. The Bertz CT molecular complexity index is 432. The number of rotatable bonds is 9. The molecule has 0 aliphatic carbocycles. The van der Waals surface area contributed by atoms with Crippen LogP contribution >= 0.6 is 11.8 Å². The van der Waals surface area contributed by atoms with E-state index in [1.165, 1.54) is 31.0 Å². The highest BCUT2D eigenvalue weighted by Gasteiger charge is 2.20. The van der Waals surface area contributed by atoms with Crippen LogP contribution in [0.1, 0.15) is 71.2 Å². The second kappa shape index (κ2) is 8.29. The lowest BCUT2D eigenvalue weighted by Crippen LogP contribution is -2.12. The fourth-order valence-corrected chi connectivity index (χ4v) is 2.90. The first kappa shape index (κ1) is 17.0. The zero-order valence-electron chi connectivity index (χ0n) is 12.8. The van der Waals surface area contributed by atoms with E-state index in [4.69, 9.17) is 5.11 Å².